The fraction of sp³-hybridized carbons (Fsp3) is 0.727. The highest BCUT2D eigenvalue weighted by molar-refractivity contribution is 5.93. The maximum atomic E-state index is 10.9. The van der Waals surface area contributed by atoms with Crippen LogP contribution in [0.15, 0.2) is 0 Å². The summed E-state index contributed by atoms with van der Waals surface area (Å²) in [5.41, 5.74) is 0. The molecule has 0 aliphatic carbocycles. The Hall–Kier alpha value is -1.05. The summed E-state index contributed by atoms with van der Waals surface area (Å²) in [6.45, 7) is 4.81. The fourth-order valence-corrected chi connectivity index (χ4v) is 1.51. The van der Waals surface area contributed by atoms with Crippen LogP contribution in [0.4, 0.5) is 0 Å². The van der Waals surface area contributed by atoms with Gasteiger partial charge in [0.2, 0.25) is 0 Å². The molecule has 0 aromatic rings. The molecule has 0 atom stereocenters. The molecule has 0 aromatic carbocycles. The molecule has 2 N–H and O–H groups in total. The predicted molar refractivity (Wildman–Crippen MR) is 58.3 cm³/mol. The number of ether oxygens (including phenoxy) is 1. The van der Waals surface area contributed by atoms with Crippen molar-refractivity contribution >= 4 is 5.91 Å². The van der Waals surface area contributed by atoms with Crippen molar-refractivity contribution in [1.82, 2.24) is 10.6 Å². The molecule has 0 radical (unpaired) electrons. The highest BCUT2D eigenvalue weighted by atomic mass is 16.5. The SMILES string of the molecule is CC#CC(=O)NCCOC1CCNCC1. The molecule has 1 aliphatic heterocycles. The molecule has 1 amide bonds. The van der Waals surface area contributed by atoms with Crippen LogP contribution in [0.1, 0.15) is 19.8 Å². The van der Waals surface area contributed by atoms with E-state index in [1.54, 1.807) is 6.92 Å². The third kappa shape index (κ3) is 5.40. The van der Waals surface area contributed by atoms with Crippen LogP contribution in [0.3, 0.4) is 0 Å². The zero-order chi connectivity index (χ0) is 10.9. The van der Waals surface area contributed by atoms with Gasteiger partial charge in [-0.05, 0) is 38.8 Å². The van der Waals surface area contributed by atoms with Crippen molar-refractivity contribution in [3.05, 3.63) is 0 Å². The van der Waals surface area contributed by atoms with Gasteiger partial charge in [0.05, 0.1) is 12.7 Å². The average Bonchev–Trinajstić information content (AvgIpc) is 2.26. The summed E-state index contributed by atoms with van der Waals surface area (Å²) in [7, 11) is 0. The predicted octanol–water partition coefficient (Wildman–Crippen LogP) is -0.105. The lowest BCUT2D eigenvalue weighted by atomic mass is 10.1. The second-order valence-electron chi connectivity index (χ2n) is 3.45. The first-order valence-electron chi connectivity index (χ1n) is 5.36. The van der Waals surface area contributed by atoms with Gasteiger partial charge < -0.3 is 15.4 Å². The minimum atomic E-state index is -0.230. The first-order chi connectivity index (χ1) is 7.33. The highest BCUT2D eigenvalue weighted by Gasteiger charge is 2.12. The van der Waals surface area contributed by atoms with Gasteiger partial charge in [-0.3, -0.25) is 4.79 Å². The van der Waals surface area contributed by atoms with Gasteiger partial charge >= 0.3 is 0 Å². The van der Waals surface area contributed by atoms with E-state index in [0.29, 0.717) is 19.3 Å². The molecule has 1 aliphatic rings. The van der Waals surface area contributed by atoms with Gasteiger partial charge in [-0.2, -0.15) is 0 Å². The van der Waals surface area contributed by atoms with E-state index in [2.05, 4.69) is 22.5 Å². The van der Waals surface area contributed by atoms with E-state index >= 15 is 0 Å². The van der Waals surface area contributed by atoms with Gasteiger partial charge in [0.15, 0.2) is 0 Å². The van der Waals surface area contributed by atoms with Crippen molar-refractivity contribution in [3.8, 4) is 11.8 Å². The quantitative estimate of drug-likeness (QED) is 0.503. The van der Waals surface area contributed by atoms with Crippen LogP contribution in [0.25, 0.3) is 0 Å². The van der Waals surface area contributed by atoms with Crippen molar-refractivity contribution in [2.45, 2.75) is 25.9 Å². The normalized spacial score (nSPS) is 16.6. The molecule has 0 aromatic heterocycles. The maximum absolute atomic E-state index is 10.9. The van der Waals surface area contributed by atoms with Crippen LogP contribution in [0, 0.1) is 11.8 Å². The molecule has 15 heavy (non-hydrogen) atoms. The van der Waals surface area contributed by atoms with Gasteiger partial charge in [-0.15, -0.1) is 0 Å². The van der Waals surface area contributed by atoms with Crippen LogP contribution < -0.4 is 10.6 Å². The van der Waals surface area contributed by atoms with Crippen LogP contribution in [0.2, 0.25) is 0 Å². The Morgan fingerprint density at radius 2 is 2.27 bits per heavy atom. The van der Waals surface area contributed by atoms with Crippen LogP contribution in [-0.2, 0) is 9.53 Å². The summed E-state index contributed by atoms with van der Waals surface area (Å²) < 4.78 is 5.61. The van der Waals surface area contributed by atoms with E-state index < -0.39 is 0 Å². The summed E-state index contributed by atoms with van der Waals surface area (Å²) in [5, 5.41) is 5.94. The monoisotopic (exact) mass is 210 g/mol. The largest absolute Gasteiger partial charge is 0.376 e. The second-order valence-corrected chi connectivity index (χ2v) is 3.45. The van der Waals surface area contributed by atoms with Crippen molar-refractivity contribution in [2.24, 2.45) is 0 Å². The number of carbonyl (C=O) groups is 1. The topological polar surface area (TPSA) is 50.4 Å². The van der Waals surface area contributed by atoms with E-state index in [9.17, 15) is 4.79 Å². The first-order valence-corrected chi connectivity index (χ1v) is 5.36. The molecule has 0 spiro atoms. The standard InChI is InChI=1S/C11H18N2O2/c1-2-3-11(14)13-8-9-15-10-4-6-12-7-5-10/h10,12H,4-9H2,1H3,(H,13,14). The molecule has 4 nitrogen and oxygen atoms in total. The summed E-state index contributed by atoms with van der Waals surface area (Å²) in [6, 6.07) is 0. The molecule has 1 saturated heterocycles. The molecule has 0 saturated carbocycles. The second kappa shape index (κ2) is 7.27. The van der Waals surface area contributed by atoms with Crippen molar-refractivity contribution in [3.63, 3.8) is 0 Å². The van der Waals surface area contributed by atoms with Gasteiger partial charge in [-0.1, -0.05) is 5.92 Å². The molecule has 84 valence electrons. The number of amides is 1. The zero-order valence-corrected chi connectivity index (χ0v) is 9.14. The third-order valence-electron chi connectivity index (χ3n) is 2.27. The molecular weight excluding hydrogens is 192 g/mol. The minimum Gasteiger partial charge on any atom is -0.376 e. The molecule has 4 heteroatoms. The van der Waals surface area contributed by atoms with E-state index in [1.807, 2.05) is 0 Å². The summed E-state index contributed by atoms with van der Waals surface area (Å²) in [6.07, 6.45) is 2.46. The van der Waals surface area contributed by atoms with E-state index in [-0.39, 0.29) is 5.91 Å². The van der Waals surface area contributed by atoms with Gasteiger partial charge in [0.25, 0.3) is 5.91 Å². The minimum absolute atomic E-state index is 0.230. The molecule has 0 unspecified atom stereocenters. The average molecular weight is 210 g/mol. The smallest absolute Gasteiger partial charge is 0.295 e. The van der Waals surface area contributed by atoms with Gasteiger partial charge in [0.1, 0.15) is 0 Å². The van der Waals surface area contributed by atoms with E-state index in [0.717, 1.165) is 25.9 Å². The number of rotatable bonds is 4. The molecule has 1 heterocycles. The third-order valence-corrected chi connectivity index (χ3v) is 2.27. The van der Waals surface area contributed by atoms with Crippen molar-refractivity contribution < 1.29 is 9.53 Å². The molecule has 0 bridgehead atoms. The Balaban J connectivity index is 2.00. The fourth-order valence-electron chi connectivity index (χ4n) is 1.51. The lowest BCUT2D eigenvalue weighted by Gasteiger charge is -2.22. The maximum Gasteiger partial charge on any atom is 0.295 e. The van der Waals surface area contributed by atoms with Crippen LogP contribution in [0.5, 0.6) is 0 Å². The van der Waals surface area contributed by atoms with E-state index in [4.69, 9.17) is 4.74 Å². The Morgan fingerprint density at radius 3 is 2.93 bits per heavy atom. The summed E-state index contributed by atoms with van der Waals surface area (Å²) >= 11 is 0. The summed E-state index contributed by atoms with van der Waals surface area (Å²) in [5.74, 6) is 4.73. The van der Waals surface area contributed by atoms with E-state index in [1.165, 1.54) is 0 Å². The Bertz CT molecular complexity index is 249. The van der Waals surface area contributed by atoms with Crippen molar-refractivity contribution in [1.29, 1.82) is 0 Å². The zero-order valence-electron chi connectivity index (χ0n) is 9.14. The molecular formula is C11H18N2O2. The number of piperidine rings is 1. The molecule has 1 fully saturated rings. The van der Waals surface area contributed by atoms with Crippen LogP contribution >= 0.6 is 0 Å². The Kier molecular flexibility index (Phi) is 5.83. The summed E-state index contributed by atoms with van der Waals surface area (Å²) in [4.78, 5) is 10.9. The Labute approximate surface area is 90.8 Å². The van der Waals surface area contributed by atoms with Gasteiger partial charge in [0, 0.05) is 6.54 Å². The number of hydrogen-bond donors (Lipinski definition) is 2. The Morgan fingerprint density at radius 1 is 1.53 bits per heavy atom. The number of nitrogens with one attached hydrogen (secondary N) is 2. The van der Waals surface area contributed by atoms with Crippen LogP contribution in [-0.4, -0.2) is 38.3 Å². The molecule has 1 rings (SSSR count). The van der Waals surface area contributed by atoms with Crippen molar-refractivity contribution in [2.75, 3.05) is 26.2 Å². The lowest BCUT2D eigenvalue weighted by molar-refractivity contribution is -0.116. The lowest BCUT2D eigenvalue weighted by Crippen LogP contribution is -2.34. The highest BCUT2D eigenvalue weighted by Crippen LogP contribution is 2.05. The number of hydrogen-bond acceptors (Lipinski definition) is 3. The van der Waals surface area contributed by atoms with Gasteiger partial charge in [-0.25, -0.2) is 0 Å². The first kappa shape index (κ1) is 12.0. The number of carbonyl (C=O) groups excluding carboxylic acids is 1.